The Balaban J connectivity index is 1.13. The minimum absolute atomic E-state index is 0.00391. The zero-order valence-electron chi connectivity index (χ0n) is 24.1. The molecule has 3 fully saturated rings. The van der Waals surface area contributed by atoms with Crippen LogP contribution in [0.25, 0.3) is 0 Å². The Kier molecular flexibility index (Phi) is 6.92. The molecule has 4 aliphatic rings. The molecule has 7 atom stereocenters. The van der Waals surface area contributed by atoms with Crippen LogP contribution in [0.2, 0.25) is 5.02 Å². The summed E-state index contributed by atoms with van der Waals surface area (Å²) in [4.78, 5) is 58.6. The van der Waals surface area contributed by atoms with E-state index in [1.165, 1.54) is 16.2 Å². The molecule has 1 aromatic heterocycles. The van der Waals surface area contributed by atoms with E-state index in [2.05, 4.69) is 10.3 Å². The molecule has 228 valence electrons. The van der Waals surface area contributed by atoms with Gasteiger partial charge in [0.1, 0.15) is 5.75 Å². The Hall–Kier alpha value is -3.86. The van der Waals surface area contributed by atoms with Crippen LogP contribution in [0.1, 0.15) is 28.3 Å². The fourth-order valence-corrected chi connectivity index (χ4v) is 11.1. The number of aromatic nitrogens is 1. The number of imide groups is 1. The summed E-state index contributed by atoms with van der Waals surface area (Å²) in [6.45, 7) is 1.75. The van der Waals surface area contributed by atoms with Crippen molar-refractivity contribution in [3.05, 3.63) is 103 Å². The van der Waals surface area contributed by atoms with Gasteiger partial charge in [0.2, 0.25) is 11.8 Å². The quantitative estimate of drug-likeness (QED) is 0.243. The van der Waals surface area contributed by atoms with Gasteiger partial charge in [0, 0.05) is 32.3 Å². The zero-order chi connectivity index (χ0) is 31.0. The van der Waals surface area contributed by atoms with Crippen molar-refractivity contribution in [2.24, 2.45) is 29.6 Å². The summed E-state index contributed by atoms with van der Waals surface area (Å²) in [6, 6.07) is 22.0. The Morgan fingerprint density at radius 1 is 0.978 bits per heavy atom. The molecule has 2 bridgehead atoms. The van der Waals surface area contributed by atoms with Crippen LogP contribution in [-0.4, -0.2) is 34.6 Å². The average molecular weight is 658 g/mol. The van der Waals surface area contributed by atoms with E-state index in [9.17, 15) is 19.2 Å². The van der Waals surface area contributed by atoms with E-state index in [0.29, 0.717) is 16.5 Å². The molecule has 8 rings (SSSR count). The molecule has 0 spiro atoms. The molecule has 2 saturated carbocycles. The molecule has 2 aliphatic heterocycles. The molecule has 2 N–H and O–H groups in total. The van der Waals surface area contributed by atoms with E-state index in [1.54, 1.807) is 36.0 Å². The second-order valence-electron chi connectivity index (χ2n) is 12.1. The number of rotatable bonds is 6. The number of thioether (sulfide) groups is 1. The van der Waals surface area contributed by atoms with Crippen LogP contribution in [-0.2, 0) is 14.4 Å². The fraction of sp³-hybridized carbons (Fsp3) is 0.294. The van der Waals surface area contributed by atoms with Crippen LogP contribution in [0.15, 0.2) is 82.6 Å². The van der Waals surface area contributed by atoms with Crippen molar-refractivity contribution in [3.8, 4) is 5.75 Å². The molecule has 45 heavy (non-hydrogen) atoms. The summed E-state index contributed by atoms with van der Waals surface area (Å²) in [7, 11) is 0. The highest BCUT2D eigenvalue weighted by atomic mass is 35.5. The van der Waals surface area contributed by atoms with Gasteiger partial charge in [0.05, 0.1) is 22.5 Å². The first kappa shape index (κ1) is 28.6. The number of fused-ring (bicyclic) bond motifs is 9. The van der Waals surface area contributed by atoms with E-state index >= 15 is 0 Å². The third-order valence-electron chi connectivity index (χ3n) is 9.84. The molecule has 1 saturated heterocycles. The number of amides is 3. The largest absolute Gasteiger partial charge is 0.483 e. The predicted molar refractivity (Wildman–Crippen MR) is 174 cm³/mol. The standard InChI is InChI=1S/C34H28ClN3O5S2/c1-16-6-2-4-8-22(16)36-24(39)15-43-23-9-5-3-7-19(23)25-26-20-14-21(29(26)44-31-30(25)45-34(42)37-31)28-27(20)32(40)38(33(28)41)18-12-10-17(35)11-13-18/h2-13,20-21,25-29H,14-15H2,1H3,(H,36,39)(H,37,42)/t20?,21?,25-,26?,27?,28?,29?/m1/s1. The van der Waals surface area contributed by atoms with Gasteiger partial charge in [-0.3, -0.25) is 24.1 Å². The lowest BCUT2D eigenvalue weighted by Crippen LogP contribution is -2.42. The van der Waals surface area contributed by atoms with Crippen LogP contribution in [0.3, 0.4) is 0 Å². The summed E-state index contributed by atoms with van der Waals surface area (Å²) in [5, 5.41) is 4.32. The number of ether oxygens (including phenoxy) is 1. The Bertz CT molecular complexity index is 1920. The van der Waals surface area contributed by atoms with E-state index in [0.717, 1.165) is 33.1 Å². The molecular weight excluding hydrogens is 630 g/mol. The number of nitrogens with one attached hydrogen (secondary N) is 2. The lowest BCUT2D eigenvalue weighted by molar-refractivity contribution is -0.123. The van der Waals surface area contributed by atoms with Gasteiger partial charge in [0.25, 0.3) is 5.91 Å². The number of carbonyl (C=O) groups is 3. The number of carbonyl (C=O) groups excluding carboxylic acids is 3. The summed E-state index contributed by atoms with van der Waals surface area (Å²) in [5.74, 6) is -1.10. The second kappa shape index (κ2) is 10.9. The number of thiazole rings is 1. The number of hydrogen-bond acceptors (Lipinski definition) is 7. The normalized spacial score (nSPS) is 27.7. The molecule has 3 aromatic carbocycles. The first-order chi connectivity index (χ1) is 21.8. The third kappa shape index (κ3) is 4.56. The number of anilines is 2. The summed E-state index contributed by atoms with van der Waals surface area (Å²) in [5.41, 5.74) is 3.11. The molecule has 3 amide bonds. The summed E-state index contributed by atoms with van der Waals surface area (Å²) in [6.07, 6.45) is 0.779. The monoisotopic (exact) mass is 657 g/mol. The highest BCUT2D eigenvalue weighted by Gasteiger charge is 2.69. The van der Waals surface area contributed by atoms with Gasteiger partial charge in [-0.25, -0.2) is 0 Å². The minimum atomic E-state index is -0.423. The van der Waals surface area contributed by atoms with Crippen molar-refractivity contribution in [2.45, 2.75) is 29.5 Å². The molecule has 11 heteroatoms. The van der Waals surface area contributed by atoms with Gasteiger partial charge in [-0.15, -0.1) is 11.8 Å². The predicted octanol–water partition coefficient (Wildman–Crippen LogP) is 6.09. The number of nitrogens with zero attached hydrogens (tertiary/aromatic N) is 1. The van der Waals surface area contributed by atoms with Gasteiger partial charge in [-0.05, 0) is 73.1 Å². The number of H-pyrrole nitrogens is 1. The Labute approximate surface area is 272 Å². The number of aromatic amines is 1. The SMILES string of the molecule is Cc1ccccc1NC(=O)COc1ccccc1[C@H]1c2sc(=O)[nH]c2SC2C3CC(C4C(=O)N(c5ccc(Cl)cc5)C(=O)C34)C21. The van der Waals surface area contributed by atoms with Crippen LogP contribution < -0.4 is 19.8 Å². The van der Waals surface area contributed by atoms with E-state index < -0.39 is 11.8 Å². The van der Waals surface area contributed by atoms with Gasteiger partial charge >= 0.3 is 4.87 Å². The first-order valence-corrected chi connectivity index (χ1v) is 17.0. The minimum Gasteiger partial charge on any atom is -0.483 e. The molecular formula is C34H28ClN3O5S2. The average Bonchev–Trinajstić information content (AvgIpc) is 3.77. The number of benzene rings is 3. The van der Waals surface area contributed by atoms with Crippen molar-refractivity contribution in [2.75, 3.05) is 16.8 Å². The maximum atomic E-state index is 14.0. The topological polar surface area (TPSA) is 109 Å². The Morgan fingerprint density at radius 2 is 1.69 bits per heavy atom. The van der Waals surface area contributed by atoms with Crippen molar-refractivity contribution >= 4 is 63.8 Å². The Morgan fingerprint density at radius 3 is 2.47 bits per heavy atom. The van der Waals surface area contributed by atoms with Crippen molar-refractivity contribution in [1.82, 2.24) is 4.98 Å². The molecule has 6 unspecified atom stereocenters. The number of hydrogen-bond donors (Lipinski definition) is 2. The van der Waals surface area contributed by atoms with Crippen LogP contribution >= 0.6 is 34.7 Å². The van der Waals surface area contributed by atoms with Gasteiger partial charge in [0.15, 0.2) is 6.61 Å². The van der Waals surface area contributed by atoms with Crippen LogP contribution in [0.5, 0.6) is 5.75 Å². The fourth-order valence-electron chi connectivity index (χ4n) is 8.12. The lowest BCUT2D eigenvalue weighted by Gasteiger charge is -2.43. The maximum Gasteiger partial charge on any atom is 0.305 e. The van der Waals surface area contributed by atoms with Gasteiger partial charge in [-0.2, -0.15) is 0 Å². The zero-order valence-corrected chi connectivity index (χ0v) is 26.5. The summed E-state index contributed by atoms with van der Waals surface area (Å²) < 4.78 is 6.18. The van der Waals surface area contributed by atoms with E-state index in [1.807, 2.05) is 55.5 Å². The smallest absolute Gasteiger partial charge is 0.305 e. The van der Waals surface area contributed by atoms with Crippen molar-refractivity contribution in [3.63, 3.8) is 0 Å². The number of halogens is 1. The summed E-state index contributed by atoms with van der Waals surface area (Å²) >= 11 is 8.92. The number of aryl methyl sites for hydroxylation is 1. The van der Waals surface area contributed by atoms with Crippen LogP contribution in [0, 0.1) is 36.5 Å². The molecule has 8 nitrogen and oxygen atoms in total. The van der Waals surface area contributed by atoms with E-state index in [-0.39, 0.29) is 58.1 Å². The van der Waals surface area contributed by atoms with Crippen molar-refractivity contribution < 1.29 is 19.1 Å². The second-order valence-corrected chi connectivity index (χ2v) is 14.8. The first-order valence-electron chi connectivity index (χ1n) is 14.9. The highest BCUT2D eigenvalue weighted by molar-refractivity contribution is 8.00. The van der Waals surface area contributed by atoms with Gasteiger partial charge in [-0.1, -0.05) is 59.3 Å². The maximum absolute atomic E-state index is 14.0. The molecule has 4 aromatic rings. The highest BCUT2D eigenvalue weighted by Crippen LogP contribution is 2.69. The van der Waals surface area contributed by atoms with Crippen molar-refractivity contribution in [1.29, 1.82) is 0 Å². The molecule has 2 aliphatic carbocycles. The molecule has 0 radical (unpaired) electrons. The lowest BCUT2D eigenvalue weighted by atomic mass is 9.68. The van der Waals surface area contributed by atoms with Crippen LogP contribution in [0.4, 0.5) is 11.4 Å². The molecule has 3 heterocycles. The van der Waals surface area contributed by atoms with E-state index in [4.69, 9.17) is 16.3 Å². The number of para-hydroxylation sites is 2. The van der Waals surface area contributed by atoms with Gasteiger partial charge < -0.3 is 15.0 Å². The third-order valence-corrected chi connectivity index (χ3v) is 12.7.